The fraction of sp³-hybridized carbons (Fsp3) is 0.467. The number of ether oxygens (including phenoxy) is 1. The van der Waals surface area contributed by atoms with Crippen molar-refractivity contribution in [3.05, 3.63) is 29.8 Å². The zero-order chi connectivity index (χ0) is 15.1. The molecule has 0 radical (unpaired) electrons. The molecule has 1 aromatic rings. The van der Waals surface area contributed by atoms with Gasteiger partial charge >= 0.3 is 12.0 Å². The van der Waals surface area contributed by atoms with Gasteiger partial charge in [0.2, 0.25) is 0 Å². The summed E-state index contributed by atoms with van der Waals surface area (Å²) in [4.78, 5) is 22.1. The second-order valence-electron chi connectivity index (χ2n) is 5.01. The SMILES string of the molecule is O=C(O)CCCCCNC(=O)NC1COc2ccccc21. The first-order valence-electron chi connectivity index (χ1n) is 7.14. The van der Waals surface area contributed by atoms with E-state index in [9.17, 15) is 9.59 Å². The number of aliphatic carboxylic acids is 1. The Morgan fingerprint density at radius 3 is 2.86 bits per heavy atom. The summed E-state index contributed by atoms with van der Waals surface area (Å²) in [6, 6.07) is 7.31. The second-order valence-corrected chi connectivity index (χ2v) is 5.01. The van der Waals surface area contributed by atoms with E-state index in [1.165, 1.54) is 0 Å². The van der Waals surface area contributed by atoms with E-state index in [0.717, 1.165) is 24.2 Å². The molecule has 6 heteroatoms. The third-order valence-electron chi connectivity index (χ3n) is 3.36. The number of carbonyl (C=O) groups excluding carboxylic acids is 1. The molecular weight excluding hydrogens is 272 g/mol. The summed E-state index contributed by atoms with van der Waals surface area (Å²) >= 11 is 0. The van der Waals surface area contributed by atoms with Crippen LogP contribution in [0.25, 0.3) is 0 Å². The van der Waals surface area contributed by atoms with Gasteiger partial charge in [-0.25, -0.2) is 4.79 Å². The zero-order valence-electron chi connectivity index (χ0n) is 11.8. The van der Waals surface area contributed by atoms with Crippen LogP contribution in [0.4, 0.5) is 4.79 Å². The normalized spacial score (nSPS) is 15.9. The highest BCUT2D eigenvalue weighted by atomic mass is 16.5. The van der Waals surface area contributed by atoms with Crippen molar-refractivity contribution in [3.8, 4) is 5.75 Å². The van der Waals surface area contributed by atoms with Gasteiger partial charge in [-0.15, -0.1) is 0 Å². The van der Waals surface area contributed by atoms with Crippen molar-refractivity contribution >= 4 is 12.0 Å². The number of hydrogen-bond acceptors (Lipinski definition) is 3. The van der Waals surface area contributed by atoms with Crippen LogP contribution in [-0.2, 0) is 4.79 Å². The van der Waals surface area contributed by atoms with Crippen molar-refractivity contribution in [1.82, 2.24) is 10.6 Å². The summed E-state index contributed by atoms with van der Waals surface area (Å²) in [5.41, 5.74) is 0.995. The molecule has 1 aliphatic heterocycles. The molecular formula is C15H20N2O4. The maximum absolute atomic E-state index is 11.8. The Hall–Kier alpha value is -2.24. The number of urea groups is 1. The van der Waals surface area contributed by atoms with E-state index in [2.05, 4.69) is 10.6 Å². The van der Waals surface area contributed by atoms with Gasteiger partial charge in [0, 0.05) is 18.5 Å². The molecule has 1 unspecified atom stereocenters. The van der Waals surface area contributed by atoms with Crippen LogP contribution in [0.3, 0.4) is 0 Å². The predicted octanol–water partition coefficient (Wildman–Crippen LogP) is 2.06. The number of hydrogen-bond donors (Lipinski definition) is 3. The largest absolute Gasteiger partial charge is 0.491 e. The zero-order valence-corrected chi connectivity index (χ0v) is 11.8. The Balaban J connectivity index is 1.63. The first-order chi connectivity index (χ1) is 10.2. The van der Waals surface area contributed by atoms with E-state index in [-0.39, 0.29) is 18.5 Å². The van der Waals surface area contributed by atoms with Gasteiger partial charge < -0.3 is 20.5 Å². The quantitative estimate of drug-likeness (QED) is 0.671. The molecule has 1 atom stereocenters. The molecule has 0 bridgehead atoms. The van der Waals surface area contributed by atoms with Crippen molar-refractivity contribution in [1.29, 1.82) is 0 Å². The number of rotatable bonds is 7. The number of fused-ring (bicyclic) bond motifs is 1. The predicted molar refractivity (Wildman–Crippen MR) is 77.3 cm³/mol. The van der Waals surface area contributed by atoms with Gasteiger partial charge in [-0.1, -0.05) is 24.6 Å². The van der Waals surface area contributed by atoms with Gasteiger partial charge in [0.1, 0.15) is 12.4 Å². The summed E-state index contributed by atoms with van der Waals surface area (Å²) in [6.45, 7) is 0.992. The Bertz CT molecular complexity index is 504. The Morgan fingerprint density at radius 1 is 1.24 bits per heavy atom. The average Bonchev–Trinajstić information content (AvgIpc) is 2.86. The average molecular weight is 292 g/mol. The number of unbranched alkanes of at least 4 members (excludes halogenated alkanes) is 2. The van der Waals surface area contributed by atoms with Crippen LogP contribution in [0.5, 0.6) is 5.75 Å². The van der Waals surface area contributed by atoms with Crippen molar-refractivity contribution < 1.29 is 19.4 Å². The molecule has 3 N–H and O–H groups in total. The minimum Gasteiger partial charge on any atom is -0.491 e. The van der Waals surface area contributed by atoms with Crippen molar-refractivity contribution in [3.63, 3.8) is 0 Å². The number of nitrogens with one attached hydrogen (secondary N) is 2. The maximum Gasteiger partial charge on any atom is 0.315 e. The lowest BCUT2D eigenvalue weighted by atomic mass is 10.1. The molecule has 0 aromatic heterocycles. The van der Waals surface area contributed by atoms with E-state index >= 15 is 0 Å². The van der Waals surface area contributed by atoms with Crippen LogP contribution < -0.4 is 15.4 Å². The summed E-state index contributed by atoms with van der Waals surface area (Å²) in [6.07, 6.45) is 2.39. The molecule has 21 heavy (non-hydrogen) atoms. The molecule has 2 rings (SSSR count). The van der Waals surface area contributed by atoms with E-state index in [1.54, 1.807) is 0 Å². The number of para-hydroxylation sites is 1. The molecule has 2 amide bonds. The third kappa shape index (κ3) is 4.66. The fourth-order valence-electron chi connectivity index (χ4n) is 2.27. The number of carboxylic acids is 1. The van der Waals surface area contributed by atoms with Crippen molar-refractivity contribution in [2.75, 3.05) is 13.2 Å². The van der Waals surface area contributed by atoms with E-state index in [1.807, 2.05) is 24.3 Å². The first kappa shape index (κ1) is 15.2. The van der Waals surface area contributed by atoms with Crippen LogP contribution in [0.2, 0.25) is 0 Å². The minimum atomic E-state index is -0.777. The summed E-state index contributed by atoms with van der Waals surface area (Å²) < 4.78 is 5.49. The molecule has 0 saturated carbocycles. The van der Waals surface area contributed by atoms with Crippen LogP contribution in [0, 0.1) is 0 Å². The molecule has 0 spiro atoms. The number of amides is 2. The van der Waals surface area contributed by atoms with Crippen LogP contribution in [-0.4, -0.2) is 30.3 Å². The highest BCUT2D eigenvalue weighted by molar-refractivity contribution is 5.74. The Morgan fingerprint density at radius 2 is 2.05 bits per heavy atom. The highest BCUT2D eigenvalue weighted by Crippen LogP contribution is 2.31. The third-order valence-corrected chi connectivity index (χ3v) is 3.36. The smallest absolute Gasteiger partial charge is 0.315 e. The Kier molecular flexibility index (Phi) is 5.43. The van der Waals surface area contributed by atoms with Gasteiger partial charge in [0.05, 0.1) is 6.04 Å². The topological polar surface area (TPSA) is 87.7 Å². The lowest BCUT2D eigenvalue weighted by molar-refractivity contribution is -0.137. The molecule has 1 aliphatic rings. The molecule has 1 aromatic carbocycles. The lowest BCUT2D eigenvalue weighted by Crippen LogP contribution is -2.38. The molecule has 0 saturated heterocycles. The van der Waals surface area contributed by atoms with Crippen LogP contribution in [0.15, 0.2) is 24.3 Å². The summed E-state index contributed by atoms with van der Waals surface area (Å²) in [5, 5.41) is 14.2. The minimum absolute atomic E-state index is 0.117. The number of benzene rings is 1. The molecule has 0 aliphatic carbocycles. The van der Waals surface area contributed by atoms with E-state index < -0.39 is 5.97 Å². The van der Waals surface area contributed by atoms with Gasteiger partial charge in [-0.3, -0.25) is 4.79 Å². The highest BCUT2D eigenvalue weighted by Gasteiger charge is 2.24. The van der Waals surface area contributed by atoms with E-state index in [4.69, 9.17) is 9.84 Å². The van der Waals surface area contributed by atoms with Gasteiger partial charge in [0.25, 0.3) is 0 Å². The van der Waals surface area contributed by atoms with Gasteiger partial charge in [-0.05, 0) is 18.9 Å². The fourth-order valence-corrected chi connectivity index (χ4v) is 2.27. The molecule has 6 nitrogen and oxygen atoms in total. The van der Waals surface area contributed by atoms with Crippen molar-refractivity contribution in [2.24, 2.45) is 0 Å². The standard InChI is InChI=1S/C15H20N2O4/c18-14(19)8-2-1-5-9-16-15(20)17-12-10-21-13-7-4-3-6-11(12)13/h3-4,6-7,12H,1-2,5,8-10H2,(H,18,19)(H2,16,17,20). The van der Waals surface area contributed by atoms with Crippen molar-refractivity contribution in [2.45, 2.75) is 31.7 Å². The first-order valence-corrected chi connectivity index (χ1v) is 7.14. The molecule has 0 fully saturated rings. The summed E-state index contributed by atoms with van der Waals surface area (Å²) in [7, 11) is 0. The Labute approximate surface area is 123 Å². The van der Waals surface area contributed by atoms with Gasteiger partial charge in [0.15, 0.2) is 0 Å². The van der Waals surface area contributed by atoms with Crippen LogP contribution in [0.1, 0.15) is 37.3 Å². The number of carbonyl (C=O) groups is 2. The number of carboxylic acid groups (broad SMARTS) is 1. The summed E-state index contributed by atoms with van der Waals surface area (Å²) in [5.74, 6) is 0.0390. The second kappa shape index (κ2) is 7.52. The lowest BCUT2D eigenvalue weighted by Gasteiger charge is -2.12. The molecule has 114 valence electrons. The maximum atomic E-state index is 11.8. The monoisotopic (exact) mass is 292 g/mol. The van der Waals surface area contributed by atoms with Gasteiger partial charge in [-0.2, -0.15) is 0 Å². The van der Waals surface area contributed by atoms with E-state index in [0.29, 0.717) is 19.6 Å². The van der Waals surface area contributed by atoms with Crippen LogP contribution >= 0.6 is 0 Å². The molecule has 1 heterocycles.